The molecule has 0 fully saturated rings. The van der Waals surface area contributed by atoms with Gasteiger partial charge in [-0.15, -0.1) is 0 Å². The number of amidine groups is 1. The summed E-state index contributed by atoms with van der Waals surface area (Å²) in [6.45, 7) is 11.3. The molecule has 0 saturated carbocycles. The summed E-state index contributed by atoms with van der Waals surface area (Å²) in [4.78, 5) is 4.81. The average Bonchev–Trinajstić information content (AvgIpc) is 2.28. The lowest BCUT2D eigenvalue weighted by Crippen LogP contribution is -2.38. The molecule has 0 aromatic carbocycles. The smallest absolute Gasteiger partial charge is 0.157 e. The Bertz CT molecular complexity index is 238. The van der Waals surface area contributed by atoms with E-state index < -0.39 is 0 Å². The monoisotopic (exact) mass is 242 g/mol. The zero-order valence-corrected chi connectivity index (χ0v) is 12.1. The van der Waals surface area contributed by atoms with Gasteiger partial charge in [0.05, 0.1) is 6.04 Å². The first kappa shape index (κ1) is 13.9. The molecule has 1 N–H and O–H groups in total. The van der Waals surface area contributed by atoms with Gasteiger partial charge >= 0.3 is 0 Å². The zero-order valence-electron chi connectivity index (χ0n) is 11.3. The molecular formula is C13H26N2S. The van der Waals surface area contributed by atoms with Gasteiger partial charge in [-0.25, -0.2) is 0 Å². The third kappa shape index (κ3) is 4.00. The molecule has 3 atom stereocenters. The Morgan fingerprint density at radius 1 is 1.38 bits per heavy atom. The first-order valence-corrected chi connectivity index (χ1v) is 7.50. The number of thioether (sulfide) groups is 1. The third-order valence-corrected chi connectivity index (χ3v) is 4.49. The van der Waals surface area contributed by atoms with Gasteiger partial charge in [0.15, 0.2) is 5.17 Å². The summed E-state index contributed by atoms with van der Waals surface area (Å²) in [5.41, 5.74) is 0. The minimum Gasteiger partial charge on any atom is -0.362 e. The lowest BCUT2D eigenvalue weighted by atomic mass is 10.0. The van der Waals surface area contributed by atoms with E-state index in [4.69, 9.17) is 4.99 Å². The predicted octanol–water partition coefficient (Wildman–Crippen LogP) is 3.53. The van der Waals surface area contributed by atoms with Crippen molar-refractivity contribution < 1.29 is 0 Å². The molecule has 3 heteroatoms. The van der Waals surface area contributed by atoms with Gasteiger partial charge in [-0.1, -0.05) is 45.9 Å². The Labute approximate surface area is 105 Å². The molecule has 2 nitrogen and oxygen atoms in total. The van der Waals surface area contributed by atoms with Crippen LogP contribution in [0.2, 0.25) is 0 Å². The standard InChI is InChI=1S/C13H26N2S/c1-6-10(4)11(5)14-13-15-12(9(2)3)7-8-16-13/h9-12H,6-8H2,1-5H3,(H,14,15). The van der Waals surface area contributed by atoms with Crippen LogP contribution in [-0.4, -0.2) is 23.0 Å². The van der Waals surface area contributed by atoms with Crippen molar-refractivity contribution in [1.29, 1.82) is 0 Å². The maximum Gasteiger partial charge on any atom is 0.157 e. The maximum atomic E-state index is 4.81. The molecule has 1 aliphatic rings. The third-order valence-electron chi connectivity index (χ3n) is 3.55. The summed E-state index contributed by atoms with van der Waals surface area (Å²) < 4.78 is 0. The van der Waals surface area contributed by atoms with Crippen molar-refractivity contribution >= 4 is 16.9 Å². The van der Waals surface area contributed by atoms with Gasteiger partial charge in [-0.05, 0) is 25.2 Å². The van der Waals surface area contributed by atoms with E-state index in [1.54, 1.807) is 0 Å². The molecule has 0 spiro atoms. The van der Waals surface area contributed by atoms with Gasteiger partial charge in [0.1, 0.15) is 0 Å². The van der Waals surface area contributed by atoms with Crippen LogP contribution in [0.25, 0.3) is 0 Å². The van der Waals surface area contributed by atoms with Crippen LogP contribution < -0.4 is 5.32 Å². The molecule has 0 bridgehead atoms. The highest BCUT2D eigenvalue weighted by Crippen LogP contribution is 2.22. The fourth-order valence-electron chi connectivity index (χ4n) is 1.78. The predicted molar refractivity (Wildman–Crippen MR) is 75.2 cm³/mol. The minimum absolute atomic E-state index is 0.521. The van der Waals surface area contributed by atoms with Crippen LogP contribution >= 0.6 is 11.8 Å². The van der Waals surface area contributed by atoms with Gasteiger partial charge in [0.2, 0.25) is 0 Å². The van der Waals surface area contributed by atoms with Gasteiger partial charge < -0.3 is 5.32 Å². The van der Waals surface area contributed by atoms with Gasteiger partial charge in [-0.3, -0.25) is 4.99 Å². The lowest BCUT2D eigenvalue weighted by molar-refractivity contribution is 0.433. The number of aliphatic imine (C=N–C) groups is 1. The lowest BCUT2D eigenvalue weighted by Gasteiger charge is -2.27. The molecule has 0 amide bonds. The normalized spacial score (nSPS) is 25.1. The first-order valence-electron chi connectivity index (χ1n) is 6.51. The summed E-state index contributed by atoms with van der Waals surface area (Å²) in [6.07, 6.45) is 2.45. The van der Waals surface area contributed by atoms with E-state index in [0.717, 1.165) is 5.17 Å². The van der Waals surface area contributed by atoms with Crippen molar-refractivity contribution in [2.24, 2.45) is 16.8 Å². The summed E-state index contributed by atoms with van der Waals surface area (Å²) in [6, 6.07) is 1.05. The van der Waals surface area contributed by atoms with Crippen LogP contribution in [0, 0.1) is 11.8 Å². The van der Waals surface area contributed by atoms with Crippen LogP contribution in [0.3, 0.4) is 0 Å². The molecule has 0 saturated heterocycles. The van der Waals surface area contributed by atoms with Crippen LogP contribution in [-0.2, 0) is 0 Å². The minimum atomic E-state index is 0.521. The van der Waals surface area contributed by atoms with Crippen LogP contribution in [0.5, 0.6) is 0 Å². The fourth-order valence-corrected chi connectivity index (χ4v) is 2.81. The second-order valence-corrected chi connectivity index (χ2v) is 6.28. The Balaban J connectivity index is 2.53. The van der Waals surface area contributed by atoms with E-state index in [1.807, 2.05) is 11.8 Å². The Morgan fingerprint density at radius 2 is 2.06 bits per heavy atom. The van der Waals surface area contributed by atoms with E-state index in [0.29, 0.717) is 23.9 Å². The van der Waals surface area contributed by atoms with Gasteiger partial charge in [-0.2, -0.15) is 0 Å². The topological polar surface area (TPSA) is 24.4 Å². The number of hydrogen-bond acceptors (Lipinski definition) is 3. The van der Waals surface area contributed by atoms with Gasteiger partial charge in [0, 0.05) is 11.8 Å². The largest absolute Gasteiger partial charge is 0.362 e. The molecule has 0 radical (unpaired) electrons. The average molecular weight is 242 g/mol. The molecule has 94 valence electrons. The Morgan fingerprint density at radius 3 is 2.62 bits per heavy atom. The van der Waals surface area contributed by atoms with E-state index in [9.17, 15) is 0 Å². The summed E-state index contributed by atoms with van der Waals surface area (Å²) >= 11 is 1.88. The second-order valence-electron chi connectivity index (χ2n) is 5.20. The fraction of sp³-hybridized carbons (Fsp3) is 0.923. The Kier molecular flexibility index (Phi) is 5.67. The van der Waals surface area contributed by atoms with Crippen molar-refractivity contribution in [3.05, 3.63) is 0 Å². The van der Waals surface area contributed by atoms with Gasteiger partial charge in [0.25, 0.3) is 0 Å². The van der Waals surface area contributed by atoms with Crippen LogP contribution in [0.4, 0.5) is 0 Å². The summed E-state index contributed by atoms with van der Waals surface area (Å²) in [5.74, 6) is 2.58. The molecule has 1 heterocycles. The number of hydrogen-bond donors (Lipinski definition) is 1. The highest BCUT2D eigenvalue weighted by molar-refractivity contribution is 8.13. The number of nitrogens with zero attached hydrogens (tertiary/aromatic N) is 1. The molecule has 0 aliphatic carbocycles. The number of nitrogens with one attached hydrogen (secondary N) is 1. The highest BCUT2D eigenvalue weighted by atomic mass is 32.2. The van der Waals surface area contributed by atoms with Crippen molar-refractivity contribution in [3.63, 3.8) is 0 Å². The van der Waals surface area contributed by atoms with Crippen molar-refractivity contribution in [2.45, 2.75) is 59.5 Å². The number of rotatable bonds is 4. The first-order chi connectivity index (χ1) is 7.54. The summed E-state index contributed by atoms with van der Waals surface area (Å²) in [7, 11) is 0. The SMILES string of the molecule is CCC(C)C(C)NC1=NC(C(C)C)CCS1. The molecule has 3 unspecified atom stereocenters. The van der Waals surface area contributed by atoms with Crippen molar-refractivity contribution in [1.82, 2.24) is 5.32 Å². The van der Waals surface area contributed by atoms with Crippen LogP contribution in [0.1, 0.15) is 47.5 Å². The van der Waals surface area contributed by atoms with E-state index in [2.05, 4.69) is 39.9 Å². The second kappa shape index (κ2) is 6.53. The molecular weight excluding hydrogens is 216 g/mol. The van der Waals surface area contributed by atoms with E-state index in [1.165, 1.54) is 18.6 Å². The zero-order chi connectivity index (χ0) is 12.1. The van der Waals surface area contributed by atoms with E-state index >= 15 is 0 Å². The molecule has 1 rings (SSSR count). The quantitative estimate of drug-likeness (QED) is 0.815. The van der Waals surface area contributed by atoms with Crippen LogP contribution in [0.15, 0.2) is 4.99 Å². The maximum absolute atomic E-state index is 4.81. The molecule has 16 heavy (non-hydrogen) atoms. The highest BCUT2D eigenvalue weighted by Gasteiger charge is 2.20. The molecule has 0 aromatic rings. The van der Waals surface area contributed by atoms with Crippen molar-refractivity contribution in [2.75, 3.05) is 5.75 Å². The van der Waals surface area contributed by atoms with Crippen molar-refractivity contribution in [3.8, 4) is 0 Å². The Hall–Kier alpha value is -0.180. The molecule has 1 aliphatic heterocycles. The van der Waals surface area contributed by atoms with E-state index in [-0.39, 0.29) is 0 Å². The summed E-state index contributed by atoms with van der Waals surface area (Å²) in [5, 5.41) is 4.73. The molecule has 0 aromatic heterocycles.